The number of hydrogen-bond donors (Lipinski definition) is 1. The van der Waals surface area contributed by atoms with Crippen LogP contribution in [-0.4, -0.2) is 20.9 Å². The van der Waals surface area contributed by atoms with Crippen molar-refractivity contribution in [2.75, 3.05) is 0 Å². The molecule has 0 unspecified atom stereocenters. The van der Waals surface area contributed by atoms with Crippen LogP contribution in [0.3, 0.4) is 0 Å². The molecule has 0 aliphatic heterocycles. The number of aryl methyl sites for hydroxylation is 1. The van der Waals surface area contributed by atoms with Crippen LogP contribution in [0.15, 0.2) is 30.5 Å². The topological polar surface area (TPSA) is 55.1 Å². The summed E-state index contributed by atoms with van der Waals surface area (Å²) in [6.07, 6.45) is 1.69. The molecule has 0 fully saturated rings. The molecule has 16 heavy (non-hydrogen) atoms. The second-order valence-corrected chi connectivity index (χ2v) is 3.37. The summed E-state index contributed by atoms with van der Waals surface area (Å²) in [4.78, 5) is 10.7. The second kappa shape index (κ2) is 3.77. The van der Waals surface area contributed by atoms with Crippen LogP contribution in [0.1, 0.15) is 16.1 Å². The van der Waals surface area contributed by atoms with Gasteiger partial charge in [0.05, 0.1) is 16.9 Å². The van der Waals surface area contributed by atoms with E-state index in [0.29, 0.717) is 5.69 Å². The largest absolute Gasteiger partial charge is 0.478 e. The van der Waals surface area contributed by atoms with E-state index < -0.39 is 11.8 Å². The Kier molecular flexibility index (Phi) is 2.44. The van der Waals surface area contributed by atoms with E-state index in [-0.39, 0.29) is 5.56 Å². The molecule has 0 bridgehead atoms. The number of carboxylic acid groups (broad SMARTS) is 1. The first-order valence-electron chi connectivity index (χ1n) is 4.63. The molecule has 1 aromatic heterocycles. The van der Waals surface area contributed by atoms with Crippen LogP contribution >= 0.6 is 0 Å². The summed E-state index contributed by atoms with van der Waals surface area (Å²) in [5.74, 6) is -2.04. The maximum atomic E-state index is 13.1. The third-order valence-corrected chi connectivity index (χ3v) is 2.17. The summed E-state index contributed by atoms with van der Waals surface area (Å²) in [6.45, 7) is 1.82. The van der Waals surface area contributed by atoms with E-state index >= 15 is 0 Å². The van der Waals surface area contributed by atoms with Gasteiger partial charge < -0.3 is 5.11 Å². The van der Waals surface area contributed by atoms with Crippen molar-refractivity contribution in [1.82, 2.24) is 9.78 Å². The molecular weight excluding hydrogens is 211 g/mol. The molecule has 0 radical (unpaired) electrons. The molecule has 1 heterocycles. The lowest BCUT2D eigenvalue weighted by atomic mass is 10.2. The highest BCUT2D eigenvalue weighted by atomic mass is 19.1. The van der Waals surface area contributed by atoms with Gasteiger partial charge in [0, 0.05) is 6.20 Å². The zero-order chi connectivity index (χ0) is 11.7. The third kappa shape index (κ3) is 1.79. The van der Waals surface area contributed by atoms with Crippen molar-refractivity contribution in [2.45, 2.75) is 6.92 Å². The Labute approximate surface area is 90.9 Å². The first-order chi connectivity index (χ1) is 7.58. The number of rotatable bonds is 2. The lowest BCUT2D eigenvalue weighted by Crippen LogP contribution is -2.03. The first kappa shape index (κ1) is 10.4. The summed E-state index contributed by atoms with van der Waals surface area (Å²) in [7, 11) is 0. The quantitative estimate of drug-likeness (QED) is 0.842. The van der Waals surface area contributed by atoms with E-state index in [4.69, 9.17) is 5.11 Å². The van der Waals surface area contributed by atoms with Crippen molar-refractivity contribution < 1.29 is 14.3 Å². The Bertz CT molecular complexity index is 549. The number of halogens is 1. The molecule has 1 N–H and O–H groups in total. The van der Waals surface area contributed by atoms with Crippen LogP contribution in [0.5, 0.6) is 0 Å². The van der Waals surface area contributed by atoms with E-state index in [9.17, 15) is 9.18 Å². The minimum absolute atomic E-state index is 0.356. The molecule has 0 aliphatic rings. The first-order valence-corrected chi connectivity index (χ1v) is 4.63. The third-order valence-electron chi connectivity index (χ3n) is 2.17. The second-order valence-electron chi connectivity index (χ2n) is 3.37. The summed E-state index contributed by atoms with van der Waals surface area (Å²) in [5.41, 5.74) is 0.971. The maximum Gasteiger partial charge on any atom is 0.338 e. The van der Waals surface area contributed by atoms with Crippen LogP contribution < -0.4 is 0 Å². The van der Waals surface area contributed by atoms with Crippen molar-refractivity contribution in [3.8, 4) is 5.69 Å². The smallest absolute Gasteiger partial charge is 0.338 e. The number of nitrogens with zero attached hydrogens (tertiary/aromatic N) is 2. The van der Waals surface area contributed by atoms with Gasteiger partial charge in [-0.3, -0.25) is 0 Å². The standard InChI is InChI=1S/C11H9FN2O2/c1-7-4-5-14(13-7)8-2-3-10(12)9(6-8)11(15)16/h2-6H,1H3,(H,15,16). The Morgan fingerprint density at radius 3 is 2.75 bits per heavy atom. The number of carboxylic acids is 1. The summed E-state index contributed by atoms with van der Waals surface area (Å²) in [5, 5.41) is 12.9. The highest BCUT2D eigenvalue weighted by molar-refractivity contribution is 5.88. The normalized spacial score (nSPS) is 10.4. The Morgan fingerprint density at radius 1 is 1.44 bits per heavy atom. The number of hydrogen-bond acceptors (Lipinski definition) is 2. The molecule has 0 saturated heterocycles. The van der Waals surface area contributed by atoms with Gasteiger partial charge in [-0.05, 0) is 31.2 Å². The molecular formula is C11H9FN2O2. The van der Waals surface area contributed by atoms with Crippen LogP contribution in [0.25, 0.3) is 5.69 Å². The molecule has 2 aromatic rings. The number of benzene rings is 1. The minimum atomic E-state index is -1.29. The highest BCUT2D eigenvalue weighted by Crippen LogP contribution is 2.14. The van der Waals surface area contributed by atoms with Crippen LogP contribution in [0.2, 0.25) is 0 Å². The van der Waals surface area contributed by atoms with Crippen molar-refractivity contribution in [2.24, 2.45) is 0 Å². The fraction of sp³-hybridized carbons (Fsp3) is 0.0909. The van der Waals surface area contributed by atoms with Gasteiger partial charge in [0.2, 0.25) is 0 Å². The Balaban J connectivity index is 2.51. The molecule has 1 aromatic carbocycles. The predicted molar refractivity (Wildman–Crippen MR) is 55.2 cm³/mol. The molecule has 4 nitrogen and oxygen atoms in total. The number of aromatic carboxylic acids is 1. The summed E-state index contributed by atoms with van der Waals surface area (Å²) in [6, 6.07) is 5.64. The molecule has 82 valence electrons. The van der Waals surface area contributed by atoms with Gasteiger partial charge in [-0.1, -0.05) is 0 Å². The minimum Gasteiger partial charge on any atom is -0.478 e. The highest BCUT2D eigenvalue weighted by Gasteiger charge is 2.11. The van der Waals surface area contributed by atoms with Gasteiger partial charge in [-0.25, -0.2) is 13.9 Å². The fourth-order valence-electron chi connectivity index (χ4n) is 1.38. The van der Waals surface area contributed by atoms with Gasteiger partial charge in [0.25, 0.3) is 0 Å². The number of carbonyl (C=O) groups is 1. The average Bonchev–Trinajstić information content (AvgIpc) is 2.65. The van der Waals surface area contributed by atoms with Crippen molar-refractivity contribution in [1.29, 1.82) is 0 Å². The lowest BCUT2D eigenvalue weighted by Gasteiger charge is -2.03. The predicted octanol–water partition coefficient (Wildman–Crippen LogP) is 2.02. The van der Waals surface area contributed by atoms with Gasteiger partial charge in [-0.15, -0.1) is 0 Å². The summed E-state index contributed by atoms with van der Waals surface area (Å²) < 4.78 is 14.6. The molecule has 5 heteroatoms. The van der Waals surface area contributed by atoms with E-state index in [1.807, 2.05) is 6.92 Å². The van der Waals surface area contributed by atoms with Crippen LogP contribution in [-0.2, 0) is 0 Å². The van der Waals surface area contributed by atoms with Gasteiger partial charge in [-0.2, -0.15) is 5.10 Å². The lowest BCUT2D eigenvalue weighted by molar-refractivity contribution is 0.0692. The summed E-state index contributed by atoms with van der Waals surface area (Å²) >= 11 is 0. The Hall–Kier alpha value is -2.17. The van der Waals surface area contributed by atoms with E-state index in [1.165, 1.54) is 16.8 Å². The van der Waals surface area contributed by atoms with E-state index in [1.54, 1.807) is 12.3 Å². The average molecular weight is 220 g/mol. The Morgan fingerprint density at radius 2 is 2.19 bits per heavy atom. The van der Waals surface area contributed by atoms with Gasteiger partial charge in [0.1, 0.15) is 5.82 Å². The van der Waals surface area contributed by atoms with Crippen molar-refractivity contribution in [3.05, 3.63) is 47.5 Å². The van der Waals surface area contributed by atoms with Gasteiger partial charge in [0.15, 0.2) is 0 Å². The van der Waals surface area contributed by atoms with Gasteiger partial charge >= 0.3 is 5.97 Å². The molecule has 0 amide bonds. The maximum absolute atomic E-state index is 13.1. The zero-order valence-electron chi connectivity index (χ0n) is 8.51. The zero-order valence-corrected chi connectivity index (χ0v) is 8.51. The molecule has 0 spiro atoms. The van der Waals surface area contributed by atoms with Crippen LogP contribution in [0, 0.1) is 12.7 Å². The monoisotopic (exact) mass is 220 g/mol. The van der Waals surface area contributed by atoms with Crippen LogP contribution in [0.4, 0.5) is 4.39 Å². The molecule has 2 rings (SSSR count). The SMILES string of the molecule is Cc1ccn(-c2ccc(F)c(C(=O)O)c2)n1. The molecule has 0 aliphatic carbocycles. The fourth-order valence-corrected chi connectivity index (χ4v) is 1.38. The van der Waals surface area contributed by atoms with Crippen molar-refractivity contribution in [3.63, 3.8) is 0 Å². The number of aromatic nitrogens is 2. The van der Waals surface area contributed by atoms with Crippen molar-refractivity contribution >= 4 is 5.97 Å². The van der Waals surface area contributed by atoms with E-state index in [0.717, 1.165) is 11.8 Å². The molecule has 0 atom stereocenters. The van der Waals surface area contributed by atoms with E-state index in [2.05, 4.69) is 5.10 Å². The molecule has 0 saturated carbocycles.